The Bertz CT molecular complexity index is 486. The molecular weight excluding hydrogens is 276 g/mol. The van der Waals surface area contributed by atoms with Gasteiger partial charge in [-0.2, -0.15) is 0 Å². The van der Waals surface area contributed by atoms with Crippen molar-refractivity contribution in [3.8, 4) is 0 Å². The van der Waals surface area contributed by atoms with Crippen LogP contribution in [0.5, 0.6) is 0 Å². The second-order valence-electron chi connectivity index (χ2n) is 10.9. The van der Waals surface area contributed by atoms with Crippen LogP contribution in [-0.4, -0.2) is 0 Å². The van der Waals surface area contributed by atoms with Crippen LogP contribution in [0.3, 0.4) is 0 Å². The van der Waals surface area contributed by atoms with E-state index in [0.29, 0.717) is 10.8 Å². The normalized spacial score (nSPS) is 51.5. The molecule has 4 aliphatic carbocycles. The highest BCUT2D eigenvalue weighted by atomic mass is 14.6. The van der Waals surface area contributed by atoms with Crippen LogP contribution in [0, 0.1) is 46.3 Å². The van der Waals surface area contributed by atoms with Crippen molar-refractivity contribution in [2.24, 2.45) is 46.3 Å². The topological polar surface area (TPSA) is 0 Å². The van der Waals surface area contributed by atoms with Crippen LogP contribution in [0.4, 0.5) is 0 Å². The summed E-state index contributed by atoms with van der Waals surface area (Å²) < 4.78 is 0. The molecule has 0 N–H and O–H groups in total. The molecule has 0 aromatic heterocycles. The third-order valence-corrected chi connectivity index (χ3v) is 9.08. The molecule has 0 aromatic rings. The first-order chi connectivity index (χ1) is 10.8. The number of hydrogen-bond acceptors (Lipinski definition) is 0. The summed E-state index contributed by atoms with van der Waals surface area (Å²) in [5, 5.41) is 0. The fourth-order valence-corrected chi connectivity index (χ4v) is 8.12. The maximum Gasteiger partial charge on any atom is -0.0152 e. The first-order valence-corrected chi connectivity index (χ1v) is 10.5. The van der Waals surface area contributed by atoms with Gasteiger partial charge in [0.1, 0.15) is 0 Å². The molecule has 130 valence electrons. The Kier molecular flexibility index (Phi) is 3.79. The number of fused-ring (bicyclic) bond motifs is 5. The van der Waals surface area contributed by atoms with Crippen molar-refractivity contribution in [3.63, 3.8) is 0 Å². The van der Waals surface area contributed by atoms with Gasteiger partial charge in [0.2, 0.25) is 0 Å². The highest BCUT2D eigenvalue weighted by molar-refractivity contribution is 5.13. The monoisotopic (exact) mass is 314 g/mol. The smallest absolute Gasteiger partial charge is 0.0152 e. The van der Waals surface area contributed by atoms with Gasteiger partial charge in [-0.05, 0) is 111 Å². The van der Waals surface area contributed by atoms with Crippen LogP contribution in [0.15, 0.2) is 12.2 Å². The van der Waals surface area contributed by atoms with Crippen LogP contribution < -0.4 is 0 Å². The van der Waals surface area contributed by atoms with Gasteiger partial charge in [-0.3, -0.25) is 0 Å². The summed E-state index contributed by atoms with van der Waals surface area (Å²) in [5.41, 5.74) is 2.69. The molecule has 4 aliphatic rings. The first-order valence-electron chi connectivity index (χ1n) is 10.5. The maximum absolute atomic E-state index is 4.36. The van der Waals surface area contributed by atoms with E-state index in [9.17, 15) is 0 Å². The maximum atomic E-state index is 4.36. The summed E-state index contributed by atoms with van der Waals surface area (Å²) in [6.45, 7) is 14.3. The molecule has 0 aromatic carbocycles. The molecule has 0 heteroatoms. The van der Waals surface area contributed by atoms with Crippen molar-refractivity contribution in [1.29, 1.82) is 0 Å². The quantitative estimate of drug-likeness (QED) is 0.464. The molecule has 7 atom stereocenters. The Morgan fingerprint density at radius 3 is 2.30 bits per heavy atom. The second-order valence-corrected chi connectivity index (χ2v) is 10.9. The van der Waals surface area contributed by atoms with Crippen molar-refractivity contribution >= 4 is 0 Å². The van der Waals surface area contributed by atoms with Crippen LogP contribution in [0.25, 0.3) is 0 Å². The molecular formula is C23H38. The van der Waals surface area contributed by atoms with Gasteiger partial charge in [0.25, 0.3) is 0 Å². The minimum atomic E-state index is 0.591. The predicted molar refractivity (Wildman–Crippen MR) is 99.2 cm³/mol. The molecule has 0 heterocycles. The summed E-state index contributed by atoms with van der Waals surface area (Å²) in [6, 6.07) is 0. The molecule has 4 rings (SSSR count). The molecule has 0 radical (unpaired) electrons. The lowest BCUT2D eigenvalue weighted by Crippen LogP contribution is -2.49. The Morgan fingerprint density at radius 2 is 1.57 bits per heavy atom. The van der Waals surface area contributed by atoms with Crippen LogP contribution in [-0.2, 0) is 0 Å². The van der Waals surface area contributed by atoms with Crippen molar-refractivity contribution < 1.29 is 0 Å². The zero-order valence-electron chi connectivity index (χ0n) is 16.0. The summed E-state index contributed by atoms with van der Waals surface area (Å²) in [6.07, 6.45) is 13.6. The molecule has 4 saturated carbocycles. The van der Waals surface area contributed by atoms with Crippen LogP contribution in [0.2, 0.25) is 0 Å². The minimum absolute atomic E-state index is 0.591. The lowest BCUT2D eigenvalue weighted by atomic mass is 9.48. The Labute approximate surface area is 144 Å². The summed E-state index contributed by atoms with van der Waals surface area (Å²) in [4.78, 5) is 0. The molecule has 23 heavy (non-hydrogen) atoms. The van der Waals surface area contributed by atoms with E-state index < -0.39 is 0 Å². The van der Waals surface area contributed by atoms with E-state index in [4.69, 9.17) is 0 Å². The lowest BCUT2D eigenvalue weighted by molar-refractivity contribution is -0.0726. The van der Waals surface area contributed by atoms with Gasteiger partial charge in [-0.15, -0.1) is 0 Å². The van der Waals surface area contributed by atoms with Gasteiger partial charge in [0.05, 0.1) is 0 Å². The zero-order chi connectivity index (χ0) is 16.4. The average molecular weight is 315 g/mol. The van der Waals surface area contributed by atoms with E-state index in [2.05, 4.69) is 34.3 Å². The lowest BCUT2D eigenvalue weighted by Gasteiger charge is -2.57. The fraction of sp³-hybridized carbons (Fsp3) is 0.913. The van der Waals surface area contributed by atoms with E-state index in [1.807, 2.05) is 0 Å². The zero-order valence-corrected chi connectivity index (χ0v) is 16.0. The van der Waals surface area contributed by atoms with Gasteiger partial charge in [-0.1, -0.05) is 32.9 Å². The van der Waals surface area contributed by atoms with Crippen LogP contribution >= 0.6 is 0 Å². The minimum Gasteiger partial charge on any atom is -0.0998 e. The highest BCUT2D eigenvalue weighted by Crippen LogP contribution is 2.65. The third kappa shape index (κ3) is 2.46. The van der Waals surface area contributed by atoms with Gasteiger partial charge in [-0.25, -0.2) is 0 Å². The van der Waals surface area contributed by atoms with Crippen LogP contribution in [0.1, 0.15) is 85.5 Å². The van der Waals surface area contributed by atoms with E-state index in [0.717, 1.165) is 35.5 Å². The molecule has 4 fully saturated rings. The second kappa shape index (κ2) is 5.37. The third-order valence-electron chi connectivity index (χ3n) is 9.08. The van der Waals surface area contributed by atoms with Gasteiger partial charge >= 0.3 is 0 Å². The number of allylic oxidation sites excluding steroid dienone is 1. The van der Waals surface area contributed by atoms with Crippen molar-refractivity contribution in [2.75, 3.05) is 0 Å². The van der Waals surface area contributed by atoms with E-state index in [1.54, 1.807) is 12.8 Å². The Morgan fingerprint density at radius 1 is 0.826 bits per heavy atom. The first kappa shape index (κ1) is 16.2. The summed E-state index contributed by atoms with van der Waals surface area (Å²) in [7, 11) is 0. The van der Waals surface area contributed by atoms with Crippen molar-refractivity contribution in [3.05, 3.63) is 12.2 Å². The Balaban J connectivity index is 1.56. The fourth-order valence-electron chi connectivity index (χ4n) is 8.12. The predicted octanol–water partition coefficient (Wildman–Crippen LogP) is 6.86. The van der Waals surface area contributed by atoms with E-state index in [-0.39, 0.29) is 0 Å². The molecule has 0 aliphatic heterocycles. The van der Waals surface area contributed by atoms with E-state index in [1.165, 1.54) is 50.5 Å². The molecule has 0 spiro atoms. The van der Waals surface area contributed by atoms with E-state index >= 15 is 0 Å². The number of hydrogen-bond donors (Lipinski definition) is 0. The van der Waals surface area contributed by atoms with Gasteiger partial charge < -0.3 is 0 Å². The van der Waals surface area contributed by atoms with Gasteiger partial charge in [0.15, 0.2) is 0 Å². The standard InChI is InChI=1S/C23H38/c1-15(2)20-8-9-21-19-7-6-16-14-22(3,4)12-10-17(16)18(19)11-13-23(20,21)5/h16-21H,1,6-14H2,2-5H3/t16?,17?,18?,19?,20?,21-,23?/m0/s1. The van der Waals surface area contributed by atoms with Crippen molar-refractivity contribution in [1.82, 2.24) is 0 Å². The number of rotatable bonds is 1. The Hall–Kier alpha value is -0.260. The molecule has 6 unspecified atom stereocenters. The van der Waals surface area contributed by atoms with Crippen molar-refractivity contribution in [2.45, 2.75) is 85.5 Å². The summed E-state index contributed by atoms with van der Waals surface area (Å²) >= 11 is 0. The molecule has 0 amide bonds. The average Bonchev–Trinajstić information content (AvgIpc) is 2.83. The van der Waals surface area contributed by atoms with Gasteiger partial charge in [0, 0.05) is 0 Å². The molecule has 0 saturated heterocycles. The summed E-state index contributed by atoms with van der Waals surface area (Å²) in [5.74, 6) is 6.10. The SMILES string of the molecule is C=C(C)C1CC[C@H]2C3CCC4CC(C)(C)CCC4C3CCC12C. The molecule has 0 nitrogen and oxygen atoms in total. The highest BCUT2D eigenvalue weighted by Gasteiger charge is 2.57. The largest absolute Gasteiger partial charge is 0.0998 e. The molecule has 0 bridgehead atoms.